The molecule has 0 aliphatic heterocycles. The summed E-state index contributed by atoms with van der Waals surface area (Å²) in [6.45, 7) is 0. The number of nitrogens with two attached hydrogens (primary N) is 1. The zero-order valence-electron chi connectivity index (χ0n) is 8.48. The summed E-state index contributed by atoms with van der Waals surface area (Å²) < 4.78 is 6.49. The number of rotatable bonds is 3. The Morgan fingerprint density at radius 2 is 1.76 bits per heavy atom. The molecule has 92 valence electrons. The lowest BCUT2D eigenvalue weighted by molar-refractivity contribution is -0.186. The van der Waals surface area contributed by atoms with Gasteiger partial charge in [-0.3, -0.25) is 0 Å². The van der Waals surface area contributed by atoms with Crippen LogP contribution in [0.5, 0.6) is 0 Å². The van der Waals surface area contributed by atoms with Gasteiger partial charge in [0.15, 0.2) is 0 Å². The first-order valence-electron chi connectivity index (χ1n) is 4.28. The normalized spacial score (nSPS) is 9.53. The van der Waals surface area contributed by atoms with E-state index in [1.54, 1.807) is 0 Å². The summed E-state index contributed by atoms with van der Waals surface area (Å²) in [5, 5.41) is 23.6. The minimum atomic E-state index is -0.691. The van der Waals surface area contributed by atoms with Crippen LogP contribution in [0.15, 0.2) is 30.3 Å². The van der Waals surface area contributed by atoms with Gasteiger partial charge in [0.1, 0.15) is 5.01 Å². The van der Waals surface area contributed by atoms with Crippen LogP contribution in [0.1, 0.15) is 0 Å². The molecule has 0 atom stereocenters. The monoisotopic (exact) mass is 275 g/mol. The SMILES string of the molecule is Nc1nnc(-c2ccccc2)s1.OOPOO. The van der Waals surface area contributed by atoms with E-state index in [4.69, 9.17) is 16.2 Å². The number of nitrogens with zero attached hydrogens (tertiary/aromatic N) is 2. The predicted octanol–water partition coefficient (Wildman–Crippen LogP) is 2.26. The van der Waals surface area contributed by atoms with Gasteiger partial charge in [0.2, 0.25) is 14.2 Å². The van der Waals surface area contributed by atoms with E-state index in [-0.39, 0.29) is 0 Å². The minimum Gasteiger partial charge on any atom is -0.374 e. The molecule has 17 heavy (non-hydrogen) atoms. The maximum Gasteiger partial charge on any atom is 0.231 e. The number of nitrogen functional groups attached to an aromatic ring is 1. The second-order valence-corrected chi connectivity index (χ2v) is 4.12. The Hall–Kier alpha value is -1.15. The Balaban J connectivity index is 0.000000249. The molecule has 1 aromatic heterocycles. The van der Waals surface area contributed by atoms with Crippen molar-refractivity contribution in [1.82, 2.24) is 10.2 Å². The largest absolute Gasteiger partial charge is 0.374 e. The molecule has 2 rings (SSSR count). The molecule has 0 radical (unpaired) electrons. The molecule has 7 nitrogen and oxygen atoms in total. The maximum absolute atomic E-state index is 7.29. The van der Waals surface area contributed by atoms with E-state index >= 15 is 0 Å². The lowest BCUT2D eigenvalue weighted by Gasteiger charge is -1.90. The zero-order chi connectivity index (χ0) is 12.5. The molecule has 1 heterocycles. The molecule has 2 aromatic rings. The fourth-order valence-electron chi connectivity index (χ4n) is 0.949. The average molecular weight is 275 g/mol. The molecule has 0 amide bonds. The second-order valence-electron chi connectivity index (χ2n) is 2.58. The van der Waals surface area contributed by atoms with Crippen LogP contribution >= 0.6 is 20.4 Å². The van der Waals surface area contributed by atoms with Gasteiger partial charge in [-0.2, -0.15) is 9.35 Å². The minimum absolute atomic E-state index is 0.508. The summed E-state index contributed by atoms with van der Waals surface area (Å²) >= 11 is 1.40. The van der Waals surface area contributed by atoms with Crippen LogP contribution in [-0.2, 0) is 9.35 Å². The Morgan fingerprint density at radius 1 is 1.12 bits per heavy atom. The summed E-state index contributed by atoms with van der Waals surface area (Å²) in [5.74, 6) is 0. The van der Waals surface area contributed by atoms with Crippen molar-refractivity contribution in [3.63, 3.8) is 0 Å². The summed E-state index contributed by atoms with van der Waals surface area (Å²) in [6, 6.07) is 9.87. The van der Waals surface area contributed by atoms with E-state index < -0.39 is 9.03 Å². The van der Waals surface area contributed by atoms with Gasteiger partial charge in [0, 0.05) is 5.56 Å². The van der Waals surface area contributed by atoms with Crippen molar-refractivity contribution in [2.75, 3.05) is 5.73 Å². The lowest BCUT2D eigenvalue weighted by atomic mass is 10.2. The molecule has 0 fully saturated rings. The van der Waals surface area contributed by atoms with Crippen molar-refractivity contribution in [3.8, 4) is 10.6 Å². The third-order valence-electron chi connectivity index (χ3n) is 1.54. The van der Waals surface area contributed by atoms with E-state index in [0.29, 0.717) is 5.13 Å². The summed E-state index contributed by atoms with van der Waals surface area (Å²) in [7, 11) is -0.691. The van der Waals surface area contributed by atoms with Gasteiger partial charge in [0.05, 0.1) is 0 Å². The van der Waals surface area contributed by atoms with Crippen molar-refractivity contribution < 1.29 is 19.9 Å². The zero-order valence-corrected chi connectivity index (χ0v) is 10.3. The highest BCUT2D eigenvalue weighted by molar-refractivity contribution is 7.25. The number of aromatic nitrogens is 2. The van der Waals surface area contributed by atoms with Gasteiger partial charge in [-0.15, -0.1) is 10.2 Å². The second kappa shape index (κ2) is 8.02. The summed E-state index contributed by atoms with van der Waals surface area (Å²) in [5.41, 5.74) is 6.52. The molecule has 0 saturated carbocycles. The van der Waals surface area contributed by atoms with Crippen LogP contribution in [0.3, 0.4) is 0 Å². The van der Waals surface area contributed by atoms with Gasteiger partial charge in [-0.05, 0) is 0 Å². The molecule has 0 bridgehead atoms. The number of benzene rings is 1. The highest BCUT2D eigenvalue weighted by Crippen LogP contribution is 2.23. The molecule has 9 heteroatoms. The van der Waals surface area contributed by atoms with Crippen molar-refractivity contribution in [2.45, 2.75) is 0 Å². The quantitative estimate of drug-likeness (QED) is 0.447. The van der Waals surface area contributed by atoms with Crippen molar-refractivity contribution in [2.24, 2.45) is 0 Å². The molecule has 0 spiro atoms. The number of anilines is 1. The van der Waals surface area contributed by atoms with E-state index in [2.05, 4.69) is 19.5 Å². The fourth-order valence-corrected chi connectivity index (χ4v) is 1.60. The van der Waals surface area contributed by atoms with Crippen LogP contribution in [0.2, 0.25) is 0 Å². The Labute approximate surface area is 103 Å². The fraction of sp³-hybridized carbons (Fsp3) is 0. The van der Waals surface area contributed by atoms with Crippen LogP contribution in [0.4, 0.5) is 5.13 Å². The van der Waals surface area contributed by atoms with E-state index in [0.717, 1.165) is 10.6 Å². The van der Waals surface area contributed by atoms with Gasteiger partial charge >= 0.3 is 0 Å². The summed E-state index contributed by atoms with van der Waals surface area (Å²) in [6.07, 6.45) is 0. The van der Waals surface area contributed by atoms with Gasteiger partial charge in [0.25, 0.3) is 0 Å². The van der Waals surface area contributed by atoms with Crippen LogP contribution in [0, 0.1) is 0 Å². The topological polar surface area (TPSA) is 111 Å². The lowest BCUT2D eigenvalue weighted by Crippen LogP contribution is -1.80. The molecule has 0 saturated heterocycles. The molecule has 0 aliphatic carbocycles. The molecule has 1 aromatic carbocycles. The molecular formula is C8H10N3O4PS. The molecule has 4 N–H and O–H groups in total. The Kier molecular flexibility index (Phi) is 6.56. The van der Waals surface area contributed by atoms with E-state index in [1.807, 2.05) is 30.3 Å². The highest BCUT2D eigenvalue weighted by Gasteiger charge is 2.01. The van der Waals surface area contributed by atoms with Crippen molar-refractivity contribution in [1.29, 1.82) is 0 Å². The number of hydrogen-bond donors (Lipinski definition) is 3. The van der Waals surface area contributed by atoms with Crippen LogP contribution in [-0.4, -0.2) is 20.7 Å². The first-order valence-corrected chi connectivity index (χ1v) is 5.91. The molecule has 0 unspecified atom stereocenters. The Morgan fingerprint density at radius 3 is 2.18 bits per heavy atom. The van der Waals surface area contributed by atoms with Crippen LogP contribution in [0.25, 0.3) is 10.6 Å². The molecule has 0 aliphatic rings. The van der Waals surface area contributed by atoms with Crippen LogP contribution < -0.4 is 5.73 Å². The van der Waals surface area contributed by atoms with Gasteiger partial charge < -0.3 is 5.73 Å². The first kappa shape index (κ1) is 13.9. The average Bonchev–Trinajstić information content (AvgIpc) is 2.79. The van der Waals surface area contributed by atoms with Gasteiger partial charge in [-0.25, -0.2) is 10.5 Å². The van der Waals surface area contributed by atoms with Gasteiger partial charge in [-0.1, -0.05) is 41.7 Å². The highest BCUT2D eigenvalue weighted by atomic mass is 32.1. The summed E-state index contributed by atoms with van der Waals surface area (Å²) in [4.78, 5) is 0. The smallest absolute Gasteiger partial charge is 0.231 e. The van der Waals surface area contributed by atoms with E-state index in [9.17, 15) is 0 Å². The van der Waals surface area contributed by atoms with Crippen molar-refractivity contribution >= 4 is 25.5 Å². The first-order chi connectivity index (χ1) is 8.27. The third kappa shape index (κ3) is 5.14. The van der Waals surface area contributed by atoms with Crippen molar-refractivity contribution in [3.05, 3.63) is 30.3 Å². The predicted molar refractivity (Wildman–Crippen MR) is 65.5 cm³/mol. The molecular weight excluding hydrogens is 265 g/mol. The Bertz CT molecular complexity index is 426. The standard InChI is InChI=1S/C8H7N3S.H3O4P/c9-8-11-10-7(12-8)6-4-2-1-3-5-6;1-3-5-4-2/h1-5H,(H2,9,11);1-2,5H. The third-order valence-corrected chi connectivity index (χ3v) is 2.49. The maximum atomic E-state index is 7.29. The number of hydrogen-bond acceptors (Lipinski definition) is 8. The van der Waals surface area contributed by atoms with E-state index in [1.165, 1.54) is 11.3 Å².